The van der Waals surface area contributed by atoms with Crippen LogP contribution in [0.25, 0.3) is 0 Å². The Kier molecular flexibility index (Phi) is 5.99. The minimum atomic E-state index is 0.559. The van der Waals surface area contributed by atoms with Crippen LogP contribution in [0.3, 0.4) is 0 Å². The lowest BCUT2D eigenvalue weighted by Gasteiger charge is -2.05. The van der Waals surface area contributed by atoms with Crippen LogP contribution in [0.1, 0.15) is 18.5 Å². The van der Waals surface area contributed by atoms with Crippen molar-refractivity contribution in [2.75, 3.05) is 12.4 Å². The minimum Gasteiger partial charge on any atom is -0.492 e. The summed E-state index contributed by atoms with van der Waals surface area (Å²) in [6.07, 6.45) is 5.14. The molecule has 6 heteroatoms. The van der Waals surface area contributed by atoms with E-state index in [4.69, 9.17) is 12.6 Å². The number of benzene rings is 1. The fourth-order valence-electron chi connectivity index (χ4n) is 1.80. The van der Waals surface area contributed by atoms with Gasteiger partial charge in [0.25, 0.3) is 0 Å². The molecule has 0 saturated heterocycles. The van der Waals surface area contributed by atoms with Crippen molar-refractivity contribution in [3.8, 4) is 5.75 Å². The molecular weight excluding hydrogens is 269 g/mol. The number of rotatable bonds is 8. The predicted octanol–water partition coefficient (Wildman–Crippen LogP) is 1.40. The summed E-state index contributed by atoms with van der Waals surface area (Å²) in [4.78, 5) is 0. The van der Waals surface area contributed by atoms with Gasteiger partial charge in [0.15, 0.2) is 0 Å². The highest BCUT2D eigenvalue weighted by molar-refractivity contribution is 7.80. The van der Waals surface area contributed by atoms with E-state index in [1.165, 1.54) is 0 Å². The highest BCUT2D eigenvalue weighted by atomic mass is 32.1. The van der Waals surface area contributed by atoms with Crippen molar-refractivity contribution in [3.63, 3.8) is 0 Å². The second-order valence-corrected chi connectivity index (χ2v) is 5.02. The second-order valence-electron chi connectivity index (χ2n) is 4.57. The number of hydrogen-bond donors (Lipinski definition) is 1. The molecular formula is C14H18BN3OS. The molecule has 0 atom stereocenters. The lowest BCUT2D eigenvalue weighted by molar-refractivity contribution is 0.290. The van der Waals surface area contributed by atoms with Gasteiger partial charge < -0.3 is 4.74 Å². The molecule has 0 N–H and O–H groups in total. The largest absolute Gasteiger partial charge is 0.492 e. The van der Waals surface area contributed by atoms with Crippen LogP contribution in [-0.2, 0) is 13.0 Å². The number of aryl methyl sites for hydroxylation is 1. The van der Waals surface area contributed by atoms with Crippen LogP contribution in [-0.4, -0.2) is 35.2 Å². The SMILES string of the molecule is [B]c1ccc(OCCn2cc(CCCCS)nn2)cc1. The number of nitrogens with zero attached hydrogens (tertiary/aromatic N) is 3. The third kappa shape index (κ3) is 4.92. The van der Waals surface area contributed by atoms with Gasteiger partial charge in [-0.3, -0.25) is 0 Å². The maximum Gasteiger partial charge on any atom is 0.119 e. The van der Waals surface area contributed by atoms with Gasteiger partial charge in [0, 0.05) is 6.20 Å². The smallest absolute Gasteiger partial charge is 0.119 e. The summed E-state index contributed by atoms with van der Waals surface area (Å²) in [6, 6.07) is 7.37. The fraction of sp³-hybridized carbons (Fsp3) is 0.429. The zero-order chi connectivity index (χ0) is 14.2. The maximum absolute atomic E-state index is 5.62. The Morgan fingerprint density at radius 3 is 2.75 bits per heavy atom. The zero-order valence-corrected chi connectivity index (χ0v) is 12.3. The van der Waals surface area contributed by atoms with Crippen molar-refractivity contribution in [1.82, 2.24) is 15.0 Å². The zero-order valence-electron chi connectivity index (χ0n) is 11.4. The van der Waals surface area contributed by atoms with Crippen LogP contribution in [0.5, 0.6) is 5.75 Å². The Morgan fingerprint density at radius 2 is 2.00 bits per heavy atom. The quantitative estimate of drug-likeness (QED) is 0.453. The highest BCUT2D eigenvalue weighted by Crippen LogP contribution is 2.07. The molecule has 0 aliphatic heterocycles. The van der Waals surface area contributed by atoms with E-state index in [0.717, 1.165) is 41.9 Å². The van der Waals surface area contributed by atoms with Crippen LogP contribution in [0.4, 0.5) is 0 Å². The predicted molar refractivity (Wildman–Crippen MR) is 84.1 cm³/mol. The molecule has 0 unspecified atom stereocenters. The Morgan fingerprint density at radius 1 is 1.20 bits per heavy atom. The van der Waals surface area contributed by atoms with Crippen LogP contribution >= 0.6 is 12.6 Å². The molecule has 0 amide bonds. The summed E-state index contributed by atoms with van der Waals surface area (Å²) >= 11 is 4.19. The van der Waals surface area contributed by atoms with Crippen molar-refractivity contribution >= 4 is 25.9 Å². The third-order valence-corrected chi connectivity index (χ3v) is 3.21. The van der Waals surface area contributed by atoms with Crippen molar-refractivity contribution in [3.05, 3.63) is 36.2 Å². The van der Waals surface area contributed by atoms with Gasteiger partial charge in [-0.2, -0.15) is 12.6 Å². The van der Waals surface area contributed by atoms with E-state index in [9.17, 15) is 0 Å². The first-order valence-corrected chi connectivity index (χ1v) is 7.39. The molecule has 1 heterocycles. The molecule has 2 rings (SSSR count). The van der Waals surface area contributed by atoms with Crippen molar-refractivity contribution in [2.24, 2.45) is 0 Å². The molecule has 104 valence electrons. The van der Waals surface area contributed by atoms with Gasteiger partial charge in [0.1, 0.15) is 20.2 Å². The van der Waals surface area contributed by atoms with E-state index in [0.29, 0.717) is 13.2 Å². The Hall–Kier alpha value is -1.43. The standard InChI is InChI=1S/C14H18BN3OS/c15-12-4-6-14(7-5-12)19-9-8-18-11-13(16-17-18)3-1-2-10-20/h4-7,11,20H,1-3,8-10H2. The summed E-state index contributed by atoms with van der Waals surface area (Å²) in [5.74, 6) is 1.73. The molecule has 4 nitrogen and oxygen atoms in total. The monoisotopic (exact) mass is 287 g/mol. The lowest BCUT2D eigenvalue weighted by atomic mass is 9.97. The summed E-state index contributed by atoms with van der Waals surface area (Å²) in [7, 11) is 5.62. The van der Waals surface area contributed by atoms with E-state index in [2.05, 4.69) is 22.9 Å². The average molecular weight is 287 g/mol. The lowest BCUT2D eigenvalue weighted by Crippen LogP contribution is -2.09. The minimum absolute atomic E-state index is 0.559. The topological polar surface area (TPSA) is 39.9 Å². The fourth-order valence-corrected chi connectivity index (χ4v) is 2.02. The molecule has 2 radical (unpaired) electrons. The van der Waals surface area contributed by atoms with Crippen LogP contribution in [0.2, 0.25) is 0 Å². The van der Waals surface area contributed by atoms with Gasteiger partial charge in [-0.15, -0.1) is 5.10 Å². The molecule has 0 bridgehead atoms. The first-order chi connectivity index (χ1) is 9.78. The van der Waals surface area contributed by atoms with Gasteiger partial charge >= 0.3 is 0 Å². The first kappa shape index (κ1) is 15.0. The first-order valence-electron chi connectivity index (χ1n) is 6.76. The molecule has 2 aromatic rings. The van der Waals surface area contributed by atoms with Gasteiger partial charge in [0.05, 0.1) is 12.2 Å². The number of ether oxygens (including phenoxy) is 1. The van der Waals surface area contributed by atoms with Gasteiger partial charge in [-0.05, 0) is 37.1 Å². The summed E-state index contributed by atoms with van der Waals surface area (Å²) in [5, 5.41) is 8.23. The summed E-state index contributed by atoms with van der Waals surface area (Å²) < 4.78 is 7.43. The molecule has 0 fully saturated rings. The average Bonchev–Trinajstić information content (AvgIpc) is 2.89. The van der Waals surface area contributed by atoms with Gasteiger partial charge in [-0.25, -0.2) is 4.68 Å². The van der Waals surface area contributed by atoms with Gasteiger partial charge in [0.2, 0.25) is 0 Å². The number of thiol groups is 1. The van der Waals surface area contributed by atoms with E-state index >= 15 is 0 Å². The Labute approximate surface area is 126 Å². The second kappa shape index (κ2) is 7.99. The van der Waals surface area contributed by atoms with Gasteiger partial charge in [-0.1, -0.05) is 22.8 Å². The van der Waals surface area contributed by atoms with Crippen molar-refractivity contribution in [2.45, 2.75) is 25.8 Å². The van der Waals surface area contributed by atoms with Crippen molar-refractivity contribution in [1.29, 1.82) is 0 Å². The van der Waals surface area contributed by atoms with E-state index in [1.54, 1.807) is 0 Å². The van der Waals surface area contributed by atoms with Crippen LogP contribution in [0, 0.1) is 0 Å². The molecule has 0 aliphatic rings. The number of unbranched alkanes of at least 4 members (excludes halogenated alkanes) is 1. The molecule has 1 aromatic carbocycles. The molecule has 20 heavy (non-hydrogen) atoms. The molecule has 1 aromatic heterocycles. The van der Waals surface area contributed by atoms with Crippen LogP contribution < -0.4 is 10.2 Å². The molecule has 0 aliphatic carbocycles. The highest BCUT2D eigenvalue weighted by Gasteiger charge is 2.01. The summed E-state index contributed by atoms with van der Waals surface area (Å²) in [6.45, 7) is 1.24. The maximum atomic E-state index is 5.62. The van der Waals surface area contributed by atoms with E-state index < -0.39 is 0 Å². The van der Waals surface area contributed by atoms with Crippen LogP contribution in [0.15, 0.2) is 30.5 Å². The van der Waals surface area contributed by atoms with E-state index in [1.807, 2.05) is 35.1 Å². The Bertz CT molecular complexity index is 515. The third-order valence-electron chi connectivity index (χ3n) is 2.90. The normalized spacial score (nSPS) is 10.7. The summed E-state index contributed by atoms with van der Waals surface area (Å²) in [5.41, 5.74) is 1.76. The molecule has 0 saturated carbocycles. The number of hydrogen-bond acceptors (Lipinski definition) is 4. The Balaban J connectivity index is 1.72. The van der Waals surface area contributed by atoms with Crippen molar-refractivity contribution < 1.29 is 4.74 Å². The number of aromatic nitrogens is 3. The van der Waals surface area contributed by atoms with E-state index in [-0.39, 0.29) is 0 Å². The molecule has 0 spiro atoms.